The number of hydrogen-bond donors (Lipinski definition) is 2. The van der Waals surface area contributed by atoms with Gasteiger partial charge in [0.15, 0.2) is 5.76 Å². The van der Waals surface area contributed by atoms with Crippen LogP contribution in [0.2, 0.25) is 0 Å². The summed E-state index contributed by atoms with van der Waals surface area (Å²) >= 11 is 0. The molecule has 0 spiro atoms. The standard InChI is InChI=1S/C18H15NO3/c20-17(13-7-2-1-3-8-13)14-9-4-5-10-15(14)19-18(21)16-11-6-12-22-16/h1-12,17,20H,(H,19,21). The Morgan fingerprint density at radius 3 is 2.41 bits per heavy atom. The topological polar surface area (TPSA) is 62.5 Å². The number of aliphatic hydroxyl groups excluding tert-OH is 1. The quantitative estimate of drug-likeness (QED) is 0.772. The summed E-state index contributed by atoms with van der Waals surface area (Å²) in [6.45, 7) is 0. The lowest BCUT2D eigenvalue weighted by atomic mass is 10.00. The molecule has 3 rings (SSSR count). The van der Waals surface area contributed by atoms with Crippen molar-refractivity contribution in [1.29, 1.82) is 0 Å². The summed E-state index contributed by atoms with van der Waals surface area (Å²) in [7, 11) is 0. The summed E-state index contributed by atoms with van der Waals surface area (Å²) in [4.78, 5) is 12.1. The van der Waals surface area contributed by atoms with E-state index in [4.69, 9.17) is 4.42 Å². The van der Waals surface area contributed by atoms with Gasteiger partial charge in [0, 0.05) is 11.3 Å². The molecule has 1 heterocycles. The van der Waals surface area contributed by atoms with Gasteiger partial charge in [-0.2, -0.15) is 0 Å². The molecule has 0 radical (unpaired) electrons. The highest BCUT2D eigenvalue weighted by Crippen LogP contribution is 2.28. The van der Waals surface area contributed by atoms with E-state index in [2.05, 4.69) is 5.32 Å². The van der Waals surface area contributed by atoms with Gasteiger partial charge in [0.25, 0.3) is 5.91 Å². The molecule has 0 aliphatic rings. The Morgan fingerprint density at radius 1 is 0.955 bits per heavy atom. The summed E-state index contributed by atoms with van der Waals surface area (Å²) in [5.74, 6) is -0.123. The number of amides is 1. The molecule has 0 aliphatic heterocycles. The number of benzene rings is 2. The lowest BCUT2D eigenvalue weighted by molar-refractivity contribution is 0.0996. The Kier molecular flexibility index (Phi) is 4.03. The van der Waals surface area contributed by atoms with Crippen LogP contribution < -0.4 is 5.32 Å². The number of furan rings is 1. The fourth-order valence-corrected chi connectivity index (χ4v) is 2.26. The number of rotatable bonds is 4. The van der Waals surface area contributed by atoms with Crippen molar-refractivity contribution in [3.63, 3.8) is 0 Å². The van der Waals surface area contributed by atoms with Crippen molar-refractivity contribution in [2.75, 3.05) is 5.32 Å². The van der Waals surface area contributed by atoms with Gasteiger partial charge in [0.2, 0.25) is 0 Å². The smallest absolute Gasteiger partial charge is 0.291 e. The second-order valence-corrected chi connectivity index (χ2v) is 4.83. The molecule has 0 fully saturated rings. The largest absolute Gasteiger partial charge is 0.459 e. The minimum absolute atomic E-state index is 0.226. The van der Waals surface area contributed by atoms with Crippen molar-refractivity contribution < 1.29 is 14.3 Å². The second-order valence-electron chi connectivity index (χ2n) is 4.83. The van der Waals surface area contributed by atoms with Crippen molar-refractivity contribution in [3.8, 4) is 0 Å². The van der Waals surface area contributed by atoms with Crippen LogP contribution in [0.1, 0.15) is 27.8 Å². The van der Waals surface area contributed by atoms with E-state index >= 15 is 0 Å². The zero-order valence-corrected chi connectivity index (χ0v) is 11.8. The summed E-state index contributed by atoms with van der Waals surface area (Å²) in [5.41, 5.74) is 1.95. The fourth-order valence-electron chi connectivity index (χ4n) is 2.26. The SMILES string of the molecule is O=C(Nc1ccccc1C(O)c1ccccc1)c1ccco1. The molecule has 0 saturated heterocycles. The van der Waals surface area contributed by atoms with E-state index in [1.54, 1.807) is 30.3 Å². The van der Waals surface area contributed by atoms with E-state index in [1.807, 2.05) is 36.4 Å². The monoisotopic (exact) mass is 293 g/mol. The molecular formula is C18H15NO3. The first-order valence-corrected chi connectivity index (χ1v) is 6.92. The molecule has 2 aromatic carbocycles. The van der Waals surface area contributed by atoms with Crippen LogP contribution in [0, 0.1) is 0 Å². The highest BCUT2D eigenvalue weighted by Gasteiger charge is 2.17. The first kappa shape index (κ1) is 14.1. The first-order valence-electron chi connectivity index (χ1n) is 6.92. The lowest BCUT2D eigenvalue weighted by Gasteiger charge is -2.16. The number of anilines is 1. The van der Waals surface area contributed by atoms with Crippen LogP contribution in [0.5, 0.6) is 0 Å². The normalized spacial score (nSPS) is 11.9. The predicted octanol–water partition coefficient (Wildman–Crippen LogP) is 3.61. The molecule has 1 amide bonds. The Labute approximate surface area is 128 Å². The van der Waals surface area contributed by atoms with Crippen molar-refractivity contribution in [1.82, 2.24) is 0 Å². The van der Waals surface area contributed by atoms with Gasteiger partial charge in [-0.25, -0.2) is 0 Å². The summed E-state index contributed by atoms with van der Waals surface area (Å²) < 4.78 is 5.08. The number of hydrogen-bond acceptors (Lipinski definition) is 3. The highest BCUT2D eigenvalue weighted by atomic mass is 16.3. The van der Waals surface area contributed by atoms with Crippen LogP contribution >= 0.6 is 0 Å². The molecule has 110 valence electrons. The molecule has 2 N–H and O–H groups in total. The Hall–Kier alpha value is -2.85. The molecule has 0 bridgehead atoms. The maximum atomic E-state index is 12.1. The molecule has 4 nitrogen and oxygen atoms in total. The third-order valence-electron chi connectivity index (χ3n) is 3.36. The van der Waals surface area contributed by atoms with Crippen molar-refractivity contribution in [2.24, 2.45) is 0 Å². The molecular weight excluding hydrogens is 278 g/mol. The maximum Gasteiger partial charge on any atom is 0.291 e. The van der Waals surface area contributed by atoms with Crippen LogP contribution in [0.15, 0.2) is 77.4 Å². The van der Waals surface area contributed by atoms with Crippen LogP contribution in [0.25, 0.3) is 0 Å². The Balaban J connectivity index is 1.88. The minimum Gasteiger partial charge on any atom is -0.459 e. The number of carbonyl (C=O) groups is 1. The zero-order chi connectivity index (χ0) is 15.4. The fraction of sp³-hybridized carbons (Fsp3) is 0.0556. The molecule has 22 heavy (non-hydrogen) atoms. The van der Waals surface area contributed by atoms with Gasteiger partial charge in [-0.3, -0.25) is 4.79 Å². The second kappa shape index (κ2) is 6.28. The van der Waals surface area contributed by atoms with Crippen LogP contribution in [-0.2, 0) is 0 Å². The molecule has 1 atom stereocenters. The Morgan fingerprint density at radius 2 is 1.68 bits per heavy atom. The minimum atomic E-state index is -0.811. The number of nitrogens with one attached hydrogen (secondary N) is 1. The average molecular weight is 293 g/mol. The van der Waals surface area contributed by atoms with E-state index in [0.29, 0.717) is 11.3 Å². The summed E-state index contributed by atoms with van der Waals surface area (Å²) in [5, 5.41) is 13.3. The zero-order valence-electron chi connectivity index (χ0n) is 11.8. The molecule has 3 aromatic rings. The molecule has 1 aromatic heterocycles. The number of carbonyl (C=O) groups excluding carboxylic acids is 1. The molecule has 4 heteroatoms. The van der Waals surface area contributed by atoms with Crippen molar-refractivity contribution in [2.45, 2.75) is 6.10 Å². The Bertz CT molecular complexity index is 751. The first-order chi connectivity index (χ1) is 10.8. The van der Waals surface area contributed by atoms with Crippen molar-refractivity contribution in [3.05, 3.63) is 89.9 Å². The van der Waals surface area contributed by atoms with E-state index < -0.39 is 6.10 Å². The van der Waals surface area contributed by atoms with E-state index in [0.717, 1.165) is 5.56 Å². The van der Waals surface area contributed by atoms with Crippen LogP contribution in [0.4, 0.5) is 5.69 Å². The van der Waals surface area contributed by atoms with E-state index in [9.17, 15) is 9.90 Å². The number of para-hydroxylation sites is 1. The van der Waals surface area contributed by atoms with Crippen LogP contribution in [0.3, 0.4) is 0 Å². The van der Waals surface area contributed by atoms with Gasteiger partial charge in [0.05, 0.1) is 6.26 Å². The third-order valence-corrected chi connectivity index (χ3v) is 3.36. The number of aliphatic hydroxyl groups is 1. The highest BCUT2D eigenvalue weighted by molar-refractivity contribution is 6.02. The predicted molar refractivity (Wildman–Crippen MR) is 83.6 cm³/mol. The maximum absolute atomic E-state index is 12.1. The van der Waals surface area contributed by atoms with Gasteiger partial charge < -0.3 is 14.8 Å². The summed E-state index contributed by atoms with van der Waals surface area (Å²) in [6.07, 6.45) is 0.633. The van der Waals surface area contributed by atoms with Gasteiger partial charge in [0.1, 0.15) is 6.10 Å². The van der Waals surface area contributed by atoms with Gasteiger partial charge in [-0.1, -0.05) is 48.5 Å². The molecule has 0 saturated carbocycles. The van der Waals surface area contributed by atoms with Crippen LogP contribution in [-0.4, -0.2) is 11.0 Å². The van der Waals surface area contributed by atoms with Gasteiger partial charge in [-0.05, 0) is 23.8 Å². The van der Waals surface area contributed by atoms with Gasteiger partial charge >= 0.3 is 0 Å². The molecule has 1 unspecified atom stereocenters. The average Bonchev–Trinajstić information content (AvgIpc) is 3.10. The lowest BCUT2D eigenvalue weighted by Crippen LogP contribution is -2.14. The van der Waals surface area contributed by atoms with Gasteiger partial charge in [-0.15, -0.1) is 0 Å². The molecule has 0 aliphatic carbocycles. The van der Waals surface area contributed by atoms with E-state index in [-0.39, 0.29) is 11.7 Å². The van der Waals surface area contributed by atoms with Crippen molar-refractivity contribution >= 4 is 11.6 Å². The third kappa shape index (κ3) is 2.92. The summed E-state index contributed by atoms with van der Waals surface area (Å²) in [6, 6.07) is 19.7. The van der Waals surface area contributed by atoms with E-state index in [1.165, 1.54) is 6.26 Å².